The molecule has 11 heavy (non-hydrogen) atoms. The van der Waals surface area contributed by atoms with Crippen molar-refractivity contribution in [1.82, 2.24) is 0 Å². The molecule has 0 amide bonds. The maximum absolute atomic E-state index is 8.64. The molecular weight excluding hydrogens is 160 g/mol. The fraction of sp³-hybridized carbons (Fsp3) is 0.143. The number of halogens is 1. The van der Waals surface area contributed by atoms with Crippen LogP contribution in [0.2, 0.25) is 5.02 Å². The van der Waals surface area contributed by atoms with E-state index in [4.69, 9.17) is 22.4 Å². The molecule has 0 unspecified atom stereocenters. The smallest absolute Gasteiger partial charge is 0.328 e. The van der Waals surface area contributed by atoms with E-state index in [1.165, 1.54) is 0 Å². The normalized spacial score (nSPS) is 9.73. The van der Waals surface area contributed by atoms with Gasteiger partial charge in [-0.3, -0.25) is 0 Å². The van der Waals surface area contributed by atoms with Crippen LogP contribution in [0.4, 0.5) is 0 Å². The van der Waals surface area contributed by atoms with E-state index >= 15 is 0 Å². The lowest BCUT2D eigenvalue weighted by Gasteiger charge is -2.00. The van der Waals surface area contributed by atoms with Gasteiger partial charge in [-0.05, 0) is 17.1 Å². The zero-order valence-corrected chi connectivity index (χ0v) is 6.67. The maximum Gasteiger partial charge on any atom is 0.328 e. The second-order valence-electron chi connectivity index (χ2n) is 2.19. The van der Waals surface area contributed by atoms with Crippen molar-refractivity contribution in [3.05, 3.63) is 28.8 Å². The highest BCUT2D eigenvalue weighted by Crippen LogP contribution is 2.07. The minimum atomic E-state index is 0.464. The van der Waals surface area contributed by atoms with Crippen LogP contribution in [0.3, 0.4) is 0 Å². The van der Waals surface area contributed by atoms with Crippen LogP contribution in [0, 0.1) is 0 Å². The Bertz CT molecular complexity index is 254. The zero-order valence-electron chi connectivity index (χ0n) is 5.92. The largest absolute Gasteiger partial charge is 0.450 e. The van der Waals surface area contributed by atoms with Crippen LogP contribution in [0.25, 0.3) is 0 Å². The van der Waals surface area contributed by atoms with Crippen LogP contribution in [-0.2, 0) is 6.54 Å². The molecule has 1 aromatic rings. The summed E-state index contributed by atoms with van der Waals surface area (Å²) in [6, 6.07) is 5.29. The van der Waals surface area contributed by atoms with Crippen LogP contribution in [0.5, 0.6) is 0 Å². The Morgan fingerprint density at radius 2 is 2.27 bits per heavy atom. The number of hydrogen-bond acceptors (Lipinski definition) is 2. The van der Waals surface area contributed by atoms with E-state index in [1.807, 2.05) is 6.07 Å². The Labute approximate surface area is 71.3 Å². The molecule has 0 bridgehead atoms. The molecule has 0 fully saturated rings. The molecule has 0 saturated carbocycles. The summed E-state index contributed by atoms with van der Waals surface area (Å²) >= 11 is 5.76. The average Bonchev–Trinajstić information content (AvgIpc) is 2.04. The van der Waals surface area contributed by atoms with Gasteiger partial charge in [-0.15, -0.1) is 0 Å². The molecule has 1 radical (unpaired) electrons. The first-order valence-corrected chi connectivity index (χ1v) is 3.61. The number of rotatable bonds is 2. The van der Waals surface area contributed by atoms with Crippen LogP contribution >= 0.6 is 11.6 Å². The van der Waals surface area contributed by atoms with Crippen LogP contribution in [0.1, 0.15) is 5.56 Å². The summed E-state index contributed by atoms with van der Waals surface area (Å²) in [5.41, 5.74) is 6.95. The summed E-state index contributed by atoms with van der Waals surface area (Å²) in [5.74, 6) is 0. The first-order chi connectivity index (χ1) is 5.27. The highest BCUT2D eigenvalue weighted by molar-refractivity contribution is 6.52. The SMILES string of the molecule is NCc1ccc([B]O)c(Cl)c1. The summed E-state index contributed by atoms with van der Waals surface area (Å²) in [6.45, 7) is 0.464. The van der Waals surface area contributed by atoms with Crippen LogP contribution in [-0.4, -0.2) is 12.5 Å². The molecule has 57 valence electrons. The van der Waals surface area contributed by atoms with Crippen molar-refractivity contribution in [2.75, 3.05) is 0 Å². The van der Waals surface area contributed by atoms with Gasteiger partial charge in [0.2, 0.25) is 0 Å². The first kappa shape index (κ1) is 8.59. The van der Waals surface area contributed by atoms with Crippen LogP contribution in [0.15, 0.2) is 18.2 Å². The Balaban J connectivity index is 2.99. The zero-order chi connectivity index (χ0) is 8.27. The van der Waals surface area contributed by atoms with Crippen molar-refractivity contribution in [2.24, 2.45) is 5.73 Å². The molecule has 0 aromatic heterocycles. The topological polar surface area (TPSA) is 46.2 Å². The standard InChI is InChI=1S/C7H8BClNO/c9-7-3-5(4-10)1-2-6(7)8-11/h1-3,11H,4,10H2. The molecule has 0 heterocycles. The van der Waals surface area contributed by atoms with Crippen molar-refractivity contribution in [2.45, 2.75) is 6.54 Å². The molecule has 0 atom stereocenters. The van der Waals surface area contributed by atoms with Gasteiger partial charge in [0, 0.05) is 11.6 Å². The highest BCUT2D eigenvalue weighted by Gasteiger charge is 2.00. The molecule has 4 heteroatoms. The Kier molecular flexibility index (Phi) is 2.94. The monoisotopic (exact) mass is 168 g/mol. The van der Waals surface area contributed by atoms with Gasteiger partial charge in [-0.25, -0.2) is 0 Å². The summed E-state index contributed by atoms with van der Waals surface area (Å²) in [5, 5.41) is 9.16. The molecule has 0 spiro atoms. The van der Waals surface area contributed by atoms with Gasteiger partial charge < -0.3 is 10.8 Å². The second-order valence-corrected chi connectivity index (χ2v) is 2.60. The number of benzene rings is 1. The van der Waals surface area contributed by atoms with Crippen molar-refractivity contribution in [1.29, 1.82) is 0 Å². The van der Waals surface area contributed by atoms with E-state index in [0.29, 0.717) is 17.0 Å². The van der Waals surface area contributed by atoms with E-state index in [1.54, 1.807) is 12.1 Å². The fourth-order valence-corrected chi connectivity index (χ4v) is 1.05. The molecular formula is C7H8BClNO. The third kappa shape index (κ3) is 1.96. The van der Waals surface area contributed by atoms with Gasteiger partial charge in [-0.1, -0.05) is 23.7 Å². The van der Waals surface area contributed by atoms with Gasteiger partial charge in [-0.2, -0.15) is 0 Å². The van der Waals surface area contributed by atoms with Crippen molar-refractivity contribution in [3.63, 3.8) is 0 Å². The highest BCUT2D eigenvalue weighted by atomic mass is 35.5. The van der Waals surface area contributed by atoms with Gasteiger partial charge in [0.05, 0.1) is 0 Å². The van der Waals surface area contributed by atoms with E-state index in [0.717, 1.165) is 13.0 Å². The average molecular weight is 168 g/mol. The molecule has 1 rings (SSSR count). The second kappa shape index (κ2) is 3.76. The third-order valence-corrected chi connectivity index (χ3v) is 1.77. The third-order valence-electron chi connectivity index (χ3n) is 1.44. The summed E-state index contributed by atoms with van der Waals surface area (Å²) < 4.78 is 0. The van der Waals surface area contributed by atoms with Gasteiger partial charge >= 0.3 is 7.48 Å². The summed E-state index contributed by atoms with van der Waals surface area (Å²) in [7, 11) is 0.975. The van der Waals surface area contributed by atoms with Gasteiger partial charge in [0.1, 0.15) is 0 Å². The van der Waals surface area contributed by atoms with Gasteiger partial charge in [0.25, 0.3) is 0 Å². The molecule has 1 aromatic carbocycles. The lowest BCUT2D eigenvalue weighted by Crippen LogP contribution is -2.15. The number of hydrogen-bond donors (Lipinski definition) is 2. The summed E-state index contributed by atoms with van der Waals surface area (Å²) in [4.78, 5) is 0. The van der Waals surface area contributed by atoms with E-state index < -0.39 is 0 Å². The first-order valence-electron chi connectivity index (χ1n) is 3.24. The molecule has 0 aliphatic heterocycles. The van der Waals surface area contributed by atoms with E-state index in [-0.39, 0.29) is 0 Å². The lowest BCUT2D eigenvalue weighted by molar-refractivity contribution is 0.615. The van der Waals surface area contributed by atoms with Crippen molar-refractivity contribution in [3.8, 4) is 0 Å². The lowest BCUT2D eigenvalue weighted by atomic mass is 9.88. The quantitative estimate of drug-likeness (QED) is 0.612. The van der Waals surface area contributed by atoms with E-state index in [9.17, 15) is 0 Å². The minimum Gasteiger partial charge on any atom is -0.450 e. The predicted molar refractivity (Wildman–Crippen MR) is 47.0 cm³/mol. The summed E-state index contributed by atoms with van der Waals surface area (Å²) in [6.07, 6.45) is 0. The Hall–Kier alpha value is -0.505. The Morgan fingerprint density at radius 3 is 2.73 bits per heavy atom. The minimum absolute atomic E-state index is 0.464. The van der Waals surface area contributed by atoms with Crippen molar-refractivity contribution >= 4 is 24.5 Å². The fourth-order valence-electron chi connectivity index (χ4n) is 0.802. The Morgan fingerprint density at radius 1 is 1.55 bits per heavy atom. The maximum atomic E-state index is 8.64. The van der Waals surface area contributed by atoms with E-state index in [2.05, 4.69) is 0 Å². The molecule has 0 aliphatic rings. The molecule has 3 N–H and O–H groups in total. The molecule has 2 nitrogen and oxygen atoms in total. The molecule has 0 saturated heterocycles. The molecule has 0 aliphatic carbocycles. The predicted octanol–water partition coefficient (Wildman–Crippen LogP) is 0.0355. The van der Waals surface area contributed by atoms with Gasteiger partial charge in [0.15, 0.2) is 0 Å². The van der Waals surface area contributed by atoms with Crippen molar-refractivity contribution < 1.29 is 5.02 Å². The van der Waals surface area contributed by atoms with Crippen LogP contribution < -0.4 is 11.2 Å². The number of nitrogens with two attached hydrogens (primary N) is 1.